The maximum absolute atomic E-state index is 5.69. The maximum atomic E-state index is 5.69. The highest BCUT2D eigenvalue weighted by molar-refractivity contribution is 5.03. The van der Waals surface area contributed by atoms with Gasteiger partial charge in [-0.3, -0.25) is 0 Å². The van der Waals surface area contributed by atoms with Crippen LogP contribution in [0.15, 0.2) is 0 Å². The number of hydrogen-bond donors (Lipinski definition) is 2. The summed E-state index contributed by atoms with van der Waals surface area (Å²) in [5, 5.41) is 0. The van der Waals surface area contributed by atoms with Gasteiger partial charge < -0.3 is 16.4 Å². The minimum Gasteiger partial charge on any atom is -0.330 e. The molecule has 0 amide bonds. The van der Waals surface area contributed by atoms with Crippen LogP contribution in [0.25, 0.3) is 0 Å². The SMILES string of the molecule is NCCCN(CCCN)CC1CC2CC1C1CCCC21. The van der Waals surface area contributed by atoms with Crippen molar-refractivity contribution in [3.05, 3.63) is 0 Å². The zero-order chi connectivity index (χ0) is 13.9. The molecule has 0 aromatic heterocycles. The lowest BCUT2D eigenvalue weighted by Gasteiger charge is -2.35. The summed E-state index contributed by atoms with van der Waals surface area (Å²) in [7, 11) is 0. The molecule has 2 bridgehead atoms. The second kappa shape index (κ2) is 6.76. The number of rotatable bonds is 8. The summed E-state index contributed by atoms with van der Waals surface area (Å²) >= 11 is 0. The first kappa shape index (κ1) is 14.8. The third-order valence-corrected chi connectivity index (χ3v) is 6.42. The van der Waals surface area contributed by atoms with Crippen LogP contribution in [0.4, 0.5) is 0 Å². The molecule has 3 fully saturated rings. The first-order valence-electron chi connectivity index (χ1n) is 8.96. The molecular weight excluding hydrogens is 246 g/mol. The van der Waals surface area contributed by atoms with Crippen molar-refractivity contribution in [1.29, 1.82) is 0 Å². The van der Waals surface area contributed by atoms with Gasteiger partial charge in [0, 0.05) is 6.54 Å². The fourth-order valence-corrected chi connectivity index (χ4v) is 5.68. The van der Waals surface area contributed by atoms with Gasteiger partial charge in [0.1, 0.15) is 0 Å². The average Bonchev–Trinajstić information content (AvgIpc) is 3.13. The smallest absolute Gasteiger partial charge is 0.00125 e. The van der Waals surface area contributed by atoms with E-state index >= 15 is 0 Å². The van der Waals surface area contributed by atoms with Crippen molar-refractivity contribution in [3.8, 4) is 0 Å². The Morgan fingerprint density at radius 1 is 0.850 bits per heavy atom. The molecule has 0 heterocycles. The Kier molecular flexibility index (Phi) is 5.00. The van der Waals surface area contributed by atoms with Crippen LogP contribution in [-0.2, 0) is 0 Å². The Labute approximate surface area is 124 Å². The van der Waals surface area contributed by atoms with Gasteiger partial charge in [-0.2, -0.15) is 0 Å². The molecule has 5 unspecified atom stereocenters. The highest BCUT2D eigenvalue weighted by atomic mass is 15.1. The molecule has 3 saturated carbocycles. The number of hydrogen-bond acceptors (Lipinski definition) is 3. The van der Waals surface area contributed by atoms with Crippen LogP contribution in [0.1, 0.15) is 44.9 Å². The zero-order valence-corrected chi connectivity index (χ0v) is 13.0. The lowest BCUT2D eigenvalue weighted by atomic mass is 9.75. The molecule has 116 valence electrons. The van der Waals surface area contributed by atoms with E-state index in [1.54, 1.807) is 12.8 Å². The molecule has 3 nitrogen and oxygen atoms in total. The third kappa shape index (κ3) is 2.90. The van der Waals surface area contributed by atoms with Crippen LogP contribution in [0, 0.1) is 29.6 Å². The molecule has 3 heteroatoms. The monoisotopic (exact) mass is 279 g/mol. The molecule has 3 aliphatic carbocycles. The van der Waals surface area contributed by atoms with E-state index in [1.807, 2.05) is 0 Å². The molecule has 20 heavy (non-hydrogen) atoms. The van der Waals surface area contributed by atoms with Crippen molar-refractivity contribution >= 4 is 0 Å². The standard InChI is InChI=1S/C17H33N3/c18-6-2-8-20(9-3-7-19)12-14-10-13-11-17(14)16-5-1-4-15(13)16/h13-17H,1-12,18-19H2. The second-order valence-electron chi connectivity index (χ2n) is 7.50. The van der Waals surface area contributed by atoms with Gasteiger partial charge >= 0.3 is 0 Å². The Bertz CT molecular complexity index is 299. The highest BCUT2D eigenvalue weighted by Gasteiger charge is 2.53. The van der Waals surface area contributed by atoms with Gasteiger partial charge in [0.25, 0.3) is 0 Å². The summed E-state index contributed by atoms with van der Waals surface area (Å²) < 4.78 is 0. The van der Waals surface area contributed by atoms with E-state index in [9.17, 15) is 0 Å². The van der Waals surface area contributed by atoms with Crippen molar-refractivity contribution in [3.63, 3.8) is 0 Å². The molecular formula is C17H33N3. The first-order valence-corrected chi connectivity index (χ1v) is 8.96. The average molecular weight is 279 g/mol. The van der Waals surface area contributed by atoms with Crippen LogP contribution < -0.4 is 11.5 Å². The van der Waals surface area contributed by atoms with Gasteiger partial charge in [-0.05, 0) is 94.3 Å². The minimum absolute atomic E-state index is 0.820. The molecule has 3 aliphatic rings. The van der Waals surface area contributed by atoms with Gasteiger partial charge in [0.05, 0.1) is 0 Å². The van der Waals surface area contributed by atoms with E-state index in [1.165, 1.54) is 38.9 Å². The van der Waals surface area contributed by atoms with E-state index in [0.29, 0.717) is 0 Å². The molecule has 0 saturated heterocycles. The molecule has 0 aromatic rings. The number of fused-ring (bicyclic) bond motifs is 5. The van der Waals surface area contributed by atoms with Crippen LogP contribution >= 0.6 is 0 Å². The maximum Gasteiger partial charge on any atom is 0.00125 e. The molecule has 0 radical (unpaired) electrons. The van der Waals surface area contributed by atoms with Crippen molar-refractivity contribution in [2.75, 3.05) is 32.7 Å². The van der Waals surface area contributed by atoms with E-state index in [4.69, 9.17) is 11.5 Å². The van der Waals surface area contributed by atoms with Gasteiger partial charge in [-0.25, -0.2) is 0 Å². The Morgan fingerprint density at radius 2 is 1.55 bits per heavy atom. The Balaban J connectivity index is 1.53. The summed E-state index contributed by atoms with van der Waals surface area (Å²) in [6.45, 7) is 5.32. The number of nitrogens with zero attached hydrogens (tertiary/aromatic N) is 1. The summed E-state index contributed by atoms with van der Waals surface area (Å²) in [6, 6.07) is 0. The van der Waals surface area contributed by atoms with Crippen molar-refractivity contribution in [2.45, 2.75) is 44.9 Å². The zero-order valence-electron chi connectivity index (χ0n) is 13.0. The van der Waals surface area contributed by atoms with Crippen molar-refractivity contribution < 1.29 is 0 Å². The molecule has 0 spiro atoms. The van der Waals surface area contributed by atoms with Crippen LogP contribution in [0.2, 0.25) is 0 Å². The van der Waals surface area contributed by atoms with E-state index < -0.39 is 0 Å². The molecule has 0 aromatic carbocycles. The van der Waals surface area contributed by atoms with Gasteiger partial charge in [0.15, 0.2) is 0 Å². The van der Waals surface area contributed by atoms with Crippen molar-refractivity contribution in [2.24, 2.45) is 41.1 Å². The Hall–Kier alpha value is -0.120. The Morgan fingerprint density at radius 3 is 2.25 bits per heavy atom. The molecule has 3 rings (SSSR count). The fourth-order valence-electron chi connectivity index (χ4n) is 5.68. The fraction of sp³-hybridized carbons (Fsp3) is 1.00. The predicted octanol–water partition coefficient (Wildman–Crippen LogP) is 2.06. The summed E-state index contributed by atoms with van der Waals surface area (Å²) in [5.74, 6) is 5.35. The highest BCUT2D eigenvalue weighted by Crippen LogP contribution is 2.60. The first-order chi connectivity index (χ1) is 9.83. The van der Waals surface area contributed by atoms with Gasteiger partial charge in [0.2, 0.25) is 0 Å². The van der Waals surface area contributed by atoms with Crippen LogP contribution in [0.5, 0.6) is 0 Å². The lowest BCUT2D eigenvalue weighted by molar-refractivity contribution is 0.134. The molecule has 5 atom stereocenters. The summed E-state index contributed by atoms with van der Waals surface area (Å²) in [4.78, 5) is 2.66. The minimum atomic E-state index is 0.820. The van der Waals surface area contributed by atoms with E-state index in [-0.39, 0.29) is 0 Å². The molecule has 0 aliphatic heterocycles. The molecule has 4 N–H and O–H groups in total. The number of nitrogens with two attached hydrogens (primary N) is 2. The third-order valence-electron chi connectivity index (χ3n) is 6.42. The van der Waals surface area contributed by atoms with Crippen LogP contribution in [-0.4, -0.2) is 37.6 Å². The summed E-state index contributed by atoms with van der Waals surface area (Å²) in [5.41, 5.74) is 11.4. The van der Waals surface area contributed by atoms with Crippen molar-refractivity contribution in [1.82, 2.24) is 4.90 Å². The van der Waals surface area contributed by atoms with E-state index in [0.717, 1.165) is 55.5 Å². The quantitative estimate of drug-likeness (QED) is 0.715. The summed E-state index contributed by atoms with van der Waals surface area (Å²) in [6.07, 6.45) is 9.94. The normalized spacial score (nSPS) is 38.9. The van der Waals surface area contributed by atoms with Gasteiger partial charge in [-0.1, -0.05) is 6.42 Å². The predicted molar refractivity (Wildman–Crippen MR) is 84.3 cm³/mol. The van der Waals surface area contributed by atoms with E-state index in [2.05, 4.69) is 4.90 Å². The van der Waals surface area contributed by atoms with Gasteiger partial charge in [-0.15, -0.1) is 0 Å². The largest absolute Gasteiger partial charge is 0.330 e. The topological polar surface area (TPSA) is 55.3 Å². The second-order valence-corrected chi connectivity index (χ2v) is 7.50. The lowest BCUT2D eigenvalue weighted by Crippen LogP contribution is -2.37. The van der Waals surface area contributed by atoms with Crippen LogP contribution in [0.3, 0.4) is 0 Å².